The van der Waals surface area contributed by atoms with E-state index < -0.39 is 16.2 Å². The van der Waals surface area contributed by atoms with Crippen LogP contribution in [0.4, 0.5) is 0 Å². The van der Waals surface area contributed by atoms with Crippen molar-refractivity contribution in [2.24, 2.45) is 0 Å². The zero-order valence-corrected chi connectivity index (χ0v) is 10.5. The van der Waals surface area contributed by atoms with Crippen LogP contribution in [-0.4, -0.2) is 14.7 Å². The molecule has 0 aliphatic rings. The number of hydrogen-bond acceptors (Lipinski definition) is 3. The molecule has 1 aromatic rings. The lowest BCUT2D eigenvalue weighted by Crippen LogP contribution is -2.07. The molecule has 0 fully saturated rings. The van der Waals surface area contributed by atoms with Crippen molar-refractivity contribution in [1.29, 1.82) is 0 Å². The zero-order valence-electron chi connectivity index (χ0n) is 8.20. The fourth-order valence-corrected chi connectivity index (χ4v) is 2.24. The van der Waals surface area contributed by atoms with Crippen LogP contribution in [-0.2, 0) is 14.3 Å². The summed E-state index contributed by atoms with van der Waals surface area (Å²) < 4.78 is 26.6. The van der Waals surface area contributed by atoms with Crippen LogP contribution in [0.15, 0.2) is 18.2 Å². The molecule has 0 radical (unpaired) electrons. The van der Waals surface area contributed by atoms with Crippen molar-refractivity contribution in [3.63, 3.8) is 0 Å². The molecule has 0 spiro atoms. The molecule has 6 heteroatoms. The first-order valence-electron chi connectivity index (χ1n) is 4.13. The van der Waals surface area contributed by atoms with Crippen LogP contribution in [0.5, 0.6) is 0 Å². The van der Waals surface area contributed by atoms with Gasteiger partial charge in [0.1, 0.15) is 6.10 Å². The maximum absolute atomic E-state index is 10.9. The quantitative estimate of drug-likeness (QED) is 0.792. The van der Waals surface area contributed by atoms with Gasteiger partial charge in [0.15, 0.2) is 0 Å². The molecule has 0 amide bonds. The van der Waals surface area contributed by atoms with Gasteiger partial charge in [0, 0.05) is 5.56 Å². The molecular formula is C9H10Cl2O3S. The molecule has 0 bridgehead atoms. The highest BCUT2D eigenvalue weighted by Gasteiger charge is 2.16. The second-order valence-corrected chi connectivity index (χ2v) is 5.47. The van der Waals surface area contributed by atoms with Crippen molar-refractivity contribution in [3.8, 4) is 0 Å². The van der Waals surface area contributed by atoms with Gasteiger partial charge in [-0.1, -0.05) is 35.3 Å². The van der Waals surface area contributed by atoms with Gasteiger partial charge in [-0.2, -0.15) is 8.42 Å². The highest BCUT2D eigenvalue weighted by atomic mass is 35.5. The number of halogens is 2. The summed E-state index contributed by atoms with van der Waals surface area (Å²) in [7, 11) is -3.50. The summed E-state index contributed by atoms with van der Waals surface area (Å²) in [6.07, 6.45) is 0.341. The van der Waals surface area contributed by atoms with Gasteiger partial charge in [0.2, 0.25) is 0 Å². The van der Waals surface area contributed by atoms with E-state index in [1.54, 1.807) is 25.1 Å². The first-order chi connectivity index (χ1) is 6.81. The molecule has 1 rings (SSSR count). The molecule has 3 nitrogen and oxygen atoms in total. The van der Waals surface area contributed by atoms with Gasteiger partial charge >= 0.3 is 0 Å². The van der Waals surface area contributed by atoms with Crippen molar-refractivity contribution in [1.82, 2.24) is 0 Å². The standard InChI is InChI=1S/C9H10Cl2O3S/c1-6(14-15(2,12)13)7-4-3-5-8(10)9(7)11/h3-6H,1-2H3. The summed E-state index contributed by atoms with van der Waals surface area (Å²) >= 11 is 11.7. The molecule has 15 heavy (non-hydrogen) atoms. The van der Waals surface area contributed by atoms with E-state index in [1.807, 2.05) is 0 Å². The Morgan fingerprint density at radius 3 is 2.47 bits per heavy atom. The smallest absolute Gasteiger partial charge is 0.262 e. The molecule has 84 valence electrons. The first kappa shape index (κ1) is 12.8. The van der Waals surface area contributed by atoms with Crippen molar-refractivity contribution in [3.05, 3.63) is 33.8 Å². The Morgan fingerprint density at radius 1 is 1.33 bits per heavy atom. The monoisotopic (exact) mass is 268 g/mol. The molecule has 0 aliphatic carbocycles. The Hall–Kier alpha value is -0.290. The summed E-state index contributed by atoms with van der Waals surface area (Å²) in [6, 6.07) is 4.98. The van der Waals surface area contributed by atoms with E-state index in [-0.39, 0.29) is 0 Å². The summed E-state index contributed by atoms with van der Waals surface area (Å²) in [6.45, 7) is 1.60. The zero-order chi connectivity index (χ0) is 11.6. The van der Waals surface area contributed by atoms with E-state index in [0.29, 0.717) is 15.6 Å². The molecule has 1 aromatic carbocycles. The highest BCUT2D eigenvalue weighted by molar-refractivity contribution is 7.86. The van der Waals surface area contributed by atoms with Gasteiger partial charge in [-0.25, -0.2) is 0 Å². The maximum atomic E-state index is 10.9. The average Bonchev–Trinajstić information content (AvgIpc) is 2.06. The molecule has 1 unspecified atom stereocenters. The van der Waals surface area contributed by atoms with Gasteiger partial charge in [-0.05, 0) is 13.0 Å². The Labute approximate surface area is 99.1 Å². The molecule has 0 saturated carbocycles. The Kier molecular flexibility index (Phi) is 4.00. The van der Waals surface area contributed by atoms with Crippen LogP contribution >= 0.6 is 23.2 Å². The predicted octanol–water partition coefficient (Wildman–Crippen LogP) is 3.03. The molecule has 0 aliphatic heterocycles. The van der Waals surface area contributed by atoms with Crippen LogP contribution in [0.25, 0.3) is 0 Å². The van der Waals surface area contributed by atoms with Crippen LogP contribution in [0.1, 0.15) is 18.6 Å². The molecule has 1 atom stereocenters. The molecule has 0 heterocycles. The Morgan fingerprint density at radius 2 is 1.93 bits per heavy atom. The van der Waals surface area contributed by atoms with Gasteiger partial charge in [-0.15, -0.1) is 0 Å². The molecule has 0 N–H and O–H groups in total. The topological polar surface area (TPSA) is 43.4 Å². The second kappa shape index (κ2) is 4.70. The van der Waals surface area contributed by atoms with Crippen LogP contribution < -0.4 is 0 Å². The minimum absolute atomic E-state index is 0.315. The number of benzene rings is 1. The van der Waals surface area contributed by atoms with Crippen LogP contribution in [0, 0.1) is 0 Å². The van der Waals surface area contributed by atoms with E-state index in [2.05, 4.69) is 0 Å². The van der Waals surface area contributed by atoms with Crippen LogP contribution in [0.3, 0.4) is 0 Å². The van der Waals surface area contributed by atoms with Gasteiger partial charge in [0.25, 0.3) is 10.1 Å². The average molecular weight is 269 g/mol. The Bertz CT molecular complexity index is 456. The van der Waals surface area contributed by atoms with Gasteiger partial charge in [-0.3, -0.25) is 4.18 Å². The first-order valence-corrected chi connectivity index (χ1v) is 6.70. The third-order valence-electron chi connectivity index (χ3n) is 1.74. The normalized spacial score (nSPS) is 13.9. The van der Waals surface area contributed by atoms with E-state index in [9.17, 15) is 8.42 Å². The SMILES string of the molecule is CC(OS(C)(=O)=O)c1cccc(Cl)c1Cl. The number of rotatable bonds is 3. The summed E-state index contributed by atoms with van der Waals surface area (Å²) in [4.78, 5) is 0. The molecular weight excluding hydrogens is 259 g/mol. The molecule has 0 aromatic heterocycles. The van der Waals surface area contributed by atoms with Crippen molar-refractivity contribution >= 4 is 33.3 Å². The van der Waals surface area contributed by atoms with Crippen molar-refractivity contribution in [2.75, 3.05) is 6.26 Å². The van der Waals surface area contributed by atoms with Crippen molar-refractivity contribution in [2.45, 2.75) is 13.0 Å². The van der Waals surface area contributed by atoms with E-state index >= 15 is 0 Å². The maximum Gasteiger partial charge on any atom is 0.264 e. The minimum atomic E-state index is -3.50. The lowest BCUT2D eigenvalue weighted by atomic mass is 10.1. The predicted molar refractivity (Wildman–Crippen MR) is 60.8 cm³/mol. The molecule has 0 saturated heterocycles. The fraction of sp³-hybridized carbons (Fsp3) is 0.333. The third kappa shape index (κ3) is 3.65. The number of hydrogen-bond donors (Lipinski definition) is 0. The summed E-state index contributed by atoms with van der Waals surface area (Å²) in [5, 5.41) is 0.688. The third-order valence-corrected chi connectivity index (χ3v) is 3.21. The second-order valence-electron chi connectivity index (χ2n) is 3.09. The van der Waals surface area contributed by atoms with E-state index in [4.69, 9.17) is 27.4 Å². The van der Waals surface area contributed by atoms with E-state index in [1.165, 1.54) is 0 Å². The largest absolute Gasteiger partial charge is 0.264 e. The highest BCUT2D eigenvalue weighted by Crippen LogP contribution is 2.31. The Balaban J connectivity index is 3.02. The van der Waals surface area contributed by atoms with Crippen LogP contribution in [0.2, 0.25) is 10.0 Å². The minimum Gasteiger partial charge on any atom is -0.262 e. The fourth-order valence-electron chi connectivity index (χ4n) is 1.15. The summed E-state index contributed by atoms with van der Waals surface area (Å²) in [5.41, 5.74) is 0.551. The van der Waals surface area contributed by atoms with Gasteiger partial charge in [0.05, 0.1) is 16.3 Å². The lowest BCUT2D eigenvalue weighted by molar-refractivity contribution is 0.237. The van der Waals surface area contributed by atoms with E-state index in [0.717, 1.165) is 6.26 Å². The van der Waals surface area contributed by atoms with Gasteiger partial charge < -0.3 is 0 Å². The lowest BCUT2D eigenvalue weighted by Gasteiger charge is -2.13. The van der Waals surface area contributed by atoms with Crippen molar-refractivity contribution < 1.29 is 12.6 Å². The summed E-state index contributed by atoms with van der Waals surface area (Å²) in [5.74, 6) is 0.